The van der Waals surface area contributed by atoms with Gasteiger partial charge in [0.25, 0.3) is 0 Å². The van der Waals surface area contributed by atoms with Crippen molar-refractivity contribution in [3.05, 3.63) is 59.8 Å². The van der Waals surface area contributed by atoms with Gasteiger partial charge in [0.1, 0.15) is 0 Å². The molecular formula is C20H23N5O. The minimum absolute atomic E-state index is 0.238. The molecule has 6 nitrogen and oxygen atoms in total. The van der Waals surface area contributed by atoms with Crippen LogP contribution in [-0.2, 0) is 11.2 Å². The van der Waals surface area contributed by atoms with Gasteiger partial charge < -0.3 is 4.90 Å². The molecule has 134 valence electrons. The standard InChI is InChI=1S/C20H23N5O/c1-15-13-19-22-10-6-18(25(19)23-15)17-7-11-24(12-8-17)20(26)5-4-16-3-2-9-21-14-16/h2-3,6,9-10,13-14,17H,4-5,7-8,11-12H2,1H3. The van der Waals surface area contributed by atoms with Crippen LogP contribution in [-0.4, -0.2) is 43.5 Å². The number of likely N-dealkylation sites (tertiary alicyclic amines) is 1. The van der Waals surface area contributed by atoms with Gasteiger partial charge in [0.2, 0.25) is 5.91 Å². The average Bonchev–Trinajstić information content (AvgIpc) is 3.07. The van der Waals surface area contributed by atoms with Gasteiger partial charge in [0.15, 0.2) is 5.65 Å². The van der Waals surface area contributed by atoms with Crippen molar-refractivity contribution in [1.29, 1.82) is 0 Å². The normalized spacial score (nSPS) is 15.5. The zero-order chi connectivity index (χ0) is 17.9. The van der Waals surface area contributed by atoms with Crippen molar-refractivity contribution >= 4 is 11.6 Å². The molecule has 4 heterocycles. The molecule has 0 radical (unpaired) electrons. The summed E-state index contributed by atoms with van der Waals surface area (Å²) in [5.41, 5.74) is 4.19. The lowest BCUT2D eigenvalue weighted by Crippen LogP contribution is -2.38. The molecule has 0 aliphatic carbocycles. The quantitative estimate of drug-likeness (QED) is 0.726. The predicted molar refractivity (Wildman–Crippen MR) is 98.8 cm³/mol. The number of aryl methyl sites for hydroxylation is 2. The van der Waals surface area contributed by atoms with E-state index in [4.69, 9.17) is 0 Å². The number of rotatable bonds is 4. The van der Waals surface area contributed by atoms with Gasteiger partial charge in [-0.1, -0.05) is 6.07 Å². The number of hydrogen-bond donors (Lipinski definition) is 0. The average molecular weight is 349 g/mol. The predicted octanol–water partition coefficient (Wildman–Crippen LogP) is 2.77. The van der Waals surface area contributed by atoms with Gasteiger partial charge in [0, 0.05) is 55.8 Å². The number of aromatic nitrogens is 4. The van der Waals surface area contributed by atoms with Crippen LogP contribution in [0.2, 0.25) is 0 Å². The Hall–Kier alpha value is -2.76. The molecule has 26 heavy (non-hydrogen) atoms. The second-order valence-electron chi connectivity index (χ2n) is 6.94. The van der Waals surface area contributed by atoms with E-state index in [-0.39, 0.29) is 5.91 Å². The van der Waals surface area contributed by atoms with Crippen LogP contribution in [0.4, 0.5) is 0 Å². The van der Waals surface area contributed by atoms with Crippen LogP contribution < -0.4 is 0 Å². The first-order valence-electron chi connectivity index (χ1n) is 9.18. The Morgan fingerprint density at radius 1 is 1.23 bits per heavy atom. The maximum Gasteiger partial charge on any atom is 0.222 e. The maximum absolute atomic E-state index is 12.5. The Morgan fingerprint density at radius 2 is 2.08 bits per heavy atom. The highest BCUT2D eigenvalue weighted by Gasteiger charge is 2.25. The molecule has 3 aromatic heterocycles. The van der Waals surface area contributed by atoms with E-state index in [2.05, 4.69) is 21.1 Å². The van der Waals surface area contributed by atoms with Gasteiger partial charge >= 0.3 is 0 Å². The molecule has 4 rings (SSSR count). The van der Waals surface area contributed by atoms with Crippen molar-refractivity contribution < 1.29 is 4.79 Å². The van der Waals surface area contributed by atoms with Crippen LogP contribution in [0.1, 0.15) is 42.1 Å². The van der Waals surface area contributed by atoms with E-state index in [1.807, 2.05) is 46.9 Å². The molecule has 1 saturated heterocycles. The zero-order valence-electron chi connectivity index (χ0n) is 15.0. The first-order valence-corrected chi connectivity index (χ1v) is 9.18. The van der Waals surface area contributed by atoms with Gasteiger partial charge in [0.05, 0.1) is 5.69 Å². The summed E-state index contributed by atoms with van der Waals surface area (Å²) < 4.78 is 1.96. The fourth-order valence-electron chi connectivity index (χ4n) is 3.72. The van der Waals surface area contributed by atoms with Gasteiger partial charge in [-0.2, -0.15) is 5.10 Å². The first-order chi connectivity index (χ1) is 12.7. The van der Waals surface area contributed by atoms with E-state index in [9.17, 15) is 4.79 Å². The number of amides is 1. The van der Waals surface area contributed by atoms with E-state index in [1.54, 1.807) is 6.20 Å². The van der Waals surface area contributed by atoms with Crippen LogP contribution >= 0.6 is 0 Å². The lowest BCUT2D eigenvalue weighted by atomic mass is 9.93. The van der Waals surface area contributed by atoms with E-state index in [1.165, 1.54) is 5.69 Å². The summed E-state index contributed by atoms with van der Waals surface area (Å²) in [7, 11) is 0. The highest BCUT2D eigenvalue weighted by atomic mass is 16.2. The van der Waals surface area contributed by atoms with Crippen molar-refractivity contribution in [3.63, 3.8) is 0 Å². The molecule has 6 heteroatoms. The van der Waals surface area contributed by atoms with Crippen molar-refractivity contribution in [2.24, 2.45) is 0 Å². The Labute approximate surface area is 152 Å². The Bertz CT molecular complexity index is 897. The van der Waals surface area contributed by atoms with Crippen molar-refractivity contribution in [1.82, 2.24) is 24.5 Å². The third-order valence-corrected chi connectivity index (χ3v) is 5.13. The monoisotopic (exact) mass is 349 g/mol. The largest absolute Gasteiger partial charge is 0.343 e. The summed E-state index contributed by atoms with van der Waals surface area (Å²) in [6.07, 6.45) is 8.69. The first kappa shape index (κ1) is 16.7. The molecule has 0 N–H and O–H groups in total. The molecule has 1 fully saturated rings. The summed E-state index contributed by atoms with van der Waals surface area (Å²) in [4.78, 5) is 23.0. The lowest BCUT2D eigenvalue weighted by molar-refractivity contribution is -0.132. The topological polar surface area (TPSA) is 63.4 Å². The number of carbonyl (C=O) groups excluding carboxylic acids is 1. The molecule has 0 spiro atoms. The second kappa shape index (κ2) is 7.23. The van der Waals surface area contributed by atoms with Gasteiger partial charge in [-0.15, -0.1) is 0 Å². The smallest absolute Gasteiger partial charge is 0.222 e. The molecule has 0 atom stereocenters. The molecule has 3 aromatic rings. The minimum atomic E-state index is 0.238. The second-order valence-corrected chi connectivity index (χ2v) is 6.94. The van der Waals surface area contributed by atoms with Crippen molar-refractivity contribution in [2.45, 2.75) is 38.5 Å². The molecule has 1 aliphatic rings. The summed E-state index contributed by atoms with van der Waals surface area (Å²) in [6.45, 7) is 3.60. The Kier molecular flexibility index (Phi) is 4.65. The number of hydrogen-bond acceptors (Lipinski definition) is 4. The molecular weight excluding hydrogens is 326 g/mol. The van der Waals surface area contributed by atoms with Crippen LogP contribution in [0, 0.1) is 6.92 Å². The van der Waals surface area contributed by atoms with E-state index in [0.717, 1.165) is 49.3 Å². The zero-order valence-corrected chi connectivity index (χ0v) is 15.0. The third-order valence-electron chi connectivity index (χ3n) is 5.13. The van der Waals surface area contributed by atoms with Crippen LogP contribution in [0.25, 0.3) is 5.65 Å². The van der Waals surface area contributed by atoms with E-state index in [0.29, 0.717) is 12.3 Å². The maximum atomic E-state index is 12.5. The molecule has 1 aliphatic heterocycles. The molecule has 0 bridgehead atoms. The Balaban J connectivity index is 1.37. The van der Waals surface area contributed by atoms with Crippen LogP contribution in [0.5, 0.6) is 0 Å². The van der Waals surface area contributed by atoms with E-state index >= 15 is 0 Å². The van der Waals surface area contributed by atoms with Crippen LogP contribution in [0.15, 0.2) is 42.9 Å². The minimum Gasteiger partial charge on any atom is -0.343 e. The van der Waals surface area contributed by atoms with Crippen molar-refractivity contribution in [2.75, 3.05) is 13.1 Å². The molecule has 1 amide bonds. The van der Waals surface area contributed by atoms with Gasteiger partial charge in [-0.05, 0) is 43.9 Å². The number of nitrogens with zero attached hydrogens (tertiary/aromatic N) is 5. The summed E-state index contributed by atoms with van der Waals surface area (Å²) in [6, 6.07) is 8.00. The molecule has 0 saturated carbocycles. The van der Waals surface area contributed by atoms with Crippen LogP contribution in [0.3, 0.4) is 0 Å². The molecule has 0 unspecified atom stereocenters. The lowest BCUT2D eigenvalue weighted by Gasteiger charge is -2.32. The van der Waals surface area contributed by atoms with Crippen molar-refractivity contribution in [3.8, 4) is 0 Å². The Morgan fingerprint density at radius 3 is 2.85 bits per heavy atom. The summed E-state index contributed by atoms with van der Waals surface area (Å²) >= 11 is 0. The SMILES string of the molecule is Cc1cc2nccc(C3CCN(C(=O)CCc4cccnc4)CC3)n2n1. The number of piperidine rings is 1. The summed E-state index contributed by atoms with van der Waals surface area (Å²) in [5, 5.41) is 4.57. The highest BCUT2D eigenvalue weighted by molar-refractivity contribution is 5.76. The third kappa shape index (κ3) is 3.45. The van der Waals surface area contributed by atoms with Gasteiger partial charge in [-0.25, -0.2) is 9.50 Å². The fraction of sp³-hybridized carbons (Fsp3) is 0.400. The van der Waals surface area contributed by atoms with Gasteiger partial charge in [-0.3, -0.25) is 9.78 Å². The summed E-state index contributed by atoms with van der Waals surface area (Å²) in [5.74, 6) is 0.657. The fourth-order valence-corrected chi connectivity index (χ4v) is 3.72. The number of carbonyl (C=O) groups is 1. The molecule has 0 aromatic carbocycles. The highest BCUT2D eigenvalue weighted by Crippen LogP contribution is 2.28. The van der Waals surface area contributed by atoms with E-state index < -0.39 is 0 Å². The number of pyridine rings is 1. The number of fused-ring (bicyclic) bond motifs is 1.